The van der Waals surface area contributed by atoms with Gasteiger partial charge in [0.1, 0.15) is 11.4 Å². The Bertz CT molecular complexity index is 871. The molecule has 3 heterocycles. The molecule has 0 aliphatic rings. The van der Waals surface area contributed by atoms with Crippen LogP contribution in [0.15, 0.2) is 35.1 Å². The van der Waals surface area contributed by atoms with Crippen molar-refractivity contribution in [2.75, 3.05) is 5.32 Å². The van der Waals surface area contributed by atoms with Gasteiger partial charge in [0.05, 0.1) is 25.5 Å². The summed E-state index contributed by atoms with van der Waals surface area (Å²) in [5.41, 5.74) is 0.877. The van der Waals surface area contributed by atoms with Gasteiger partial charge in [0.25, 0.3) is 0 Å². The SMILES string of the molecule is CC(Sc1ncnc2ccsc12)C(=O)Nc1ncc(Cl)cc1Cl. The summed E-state index contributed by atoms with van der Waals surface area (Å²) in [5, 5.41) is 5.77. The molecular formula is C14H10Cl2N4OS2. The number of carbonyl (C=O) groups is 1. The van der Waals surface area contributed by atoms with Gasteiger partial charge in [-0.1, -0.05) is 35.0 Å². The van der Waals surface area contributed by atoms with Crippen molar-refractivity contribution in [3.8, 4) is 0 Å². The fraction of sp³-hybridized carbons (Fsp3) is 0.143. The van der Waals surface area contributed by atoms with Gasteiger partial charge in [-0.25, -0.2) is 15.0 Å². The molecule has 1 unspecified atom stereocenters. The third-order valence-electron chi connectivity index (χ3n) is 2.92. The van der Waals surface area contributed by atoms with Gasteiger partial charge in [-0.15, -0.1) is 11.3 Å². The number of thiophene rings is 1. The van der Waals surface area contributed by atoms with Crippen LogP contribution in [0.2, 0.25) is 10.0 Å². The van der Waals surface area contributed by atoms with Crippen LogP contribution in [0.1, 0.15) is 6.92 Å². The molecule has 23 heavy (non-hydrogen) atoms. The van der Waals surface area contributed by atoms with Gasteiger partial charge in [-0.3, -0.25) is 4.79 Å². The van der Waals surface area contributed by atoms with Crippen LogP contribution in [0.3, 0.4) is 0 Å². The number of amides is 1. The van der Waals surface area contributed by atoms with E-state index in [1.54, 1.807) is 18.3 Å². The standard InChI is InChI=1S/C14H10Cl2N4OS2/c1-7(13(21)20-12-9(16)4-8(15)5-17-12)23-14-11-10(2-3-22-11)18-6-19-14/h2-7H,1H3,(H,17,20,21). The number of halogens is 2. The third-order valence-corrected chi connectivity index (χ3v) is 5.55. The lowest BCUT2D eigenvalue weighted by Gasteiger charge is -2.12. The molecular weight excluding hydrogens is 375 g/mol. The van der Waals surface area contributed by atoms with Crippen molar-refractivity contribution in [3.63, 3.8) is 0 Å². The minimum atomic E-state index is -0.372. The second-order valence-electron chi connectivity index (χ2n) is 4.55. The van der Waals surface area contributed by atoms with Gasteiger partial charge in [0.15, 0.2) is 5.82 Å². The second-order valence-corrected chi connectivity index (χ2v) is 7.64. The first-order valence-corrected chi connectivity index (χ1v) is 9.03. The first kappa shape index (κ1) is 16.4. The number of thioether (sulfide) groups is 1. The molecule has 1 N–H and O–H groups in total. The number of fused-ring (bicyclic) bond motifs is 1. The summed E-state index contributed by atoms with van der Waals surface area (Å²) in [4.78, 5) is 24.8. The summed E-state index contributed by atoms with van der Waals surface area (Å²) in [5.74, 6) is 0.0764. The number of nitrogens with zero attached hydrogens (tertiary/aromatic N) is 3. The van der Waals surface area contributed by atoms with Crippen LogP contribution in [0.4, 0.5) is 5.82 Å². The fourth-order valence-corrected chi connectivity index (χ4v) is 4.06. The molecule has 0 aliphatic heterocycles. The van der Waals surface area contributed by atoms with Crippen LogP contribution >= 0.6 is 46.3 Å². The van der Waals surface area contributed by atoms with Crippen molar-refractivity contribution in [2.45, 2.75) is 17.2 Å². The summed E-state index contributed by atoms with van der Waals surface area (Å²) in [7, 11) is 0. The number of nitrogens with one attached hydrogen (secondary N) is 1. The Morgan fingerprint density at radius 1 is 1.35 bits per heavy atom. The lowest BCUT2D eigenvalue weighted by atomic mass is 10.4. The summed E-state index contributed by atoms with van der Waals surface area (Å²) in [6, 6.07) is 3.46. The van der Waals surface area contributed by atoms with E-state index in [-0.39, 0.29) is 17.0 Å². The number of pyridine rings is 1. The molecule has 0 radical (unpaired) electrons. The van der Waals surface area contributed by atoms with Gasteiger partial charge in [-0.2, -0.15) is 0 Å². The van der Waals surface area contributed by atoms with Crippen LogP contribution < -0.4 is 5.32 Å². The molecule has 0 aliphatic carbocycles. The molecule has 5 nitrogen and oxygen atoms in total. The zero-order valence-corrected chi connectivity index (χ0v) is 14.9. The maximum Gasteiger partial charge on any atom is 0.238 e. The minimum Gasteiger partial charge on any atom is -0.308 e. The highest BCUT2D eigenvalue weighted by Crippen LogP contribution is 2.32. The molecule has 3 rings (SSSR count). The number of rotatable bonds is 4. The Kier molecular flexibility index (Phi) is 5.01. The van der Waals surface area contributed by atoms with Crippen molar-refractivity contribution in [2.24, 2.45) is 0 Å². The maximum atomic E-state index is 12.3. The monoisotopic (exact) mass is 384 g/mol. The molecule has 3 aromatic heterocycles. The Hall–Kier alpha value is -1.41. The normalized spacial score (nSPS) is 12.3. The van der Waals surface area contributed by atoms with Gasteiger partial charge >= 0.3 is 0 Å². The number of carbonyl (C=O) groups excluding carboxylic acids is 1. The van der Waals surface area contributed by atoms with Crippen LogP contribution in [-0.4, -0.2) is 26.1 Å². The van der Waals surface area contributed by atoms with Gasteiger partial charge in [0.2, 0.25) is 5.91 Å². The third kappa shape index (κ3) is 3.74. The maximum absolute atomic E-state index is 12.3. The summed E-state index contributed by atoms with van der Waals surface area (Å²) in [6.07, 6.45) is 2.93. The molecule has 0 bridgehead atoms. The van der Waals surface area contributed by atoms with Crippen LogP contribution in [-0.2, 0) is 4.79 Å². The van der Waals surface area contributed by atoms with Crippen molar-refractivity contribution in [1.82, 2.24) is 15.0 Å². The molecule has 0 saturated heterocycles. The van der Waals surface area contributed by atoms with Crippen molar-refractivity contribution in [1.29, 1.82) is 0 Å². The van der Waals surface area contributed by atoms with E-state index in [2.05, 4.69) is 20.3 Å². The van der Waals surface area contributed by atoms with Crippen molar-refractivity contribution >= 4 is 68.2 Å². The van der Waals surface area contributed by atoms with E-state index in [9.17, 15) is 4.79 Å². The zero-order chi connectivity index (χ0) is 16.4. The van der Waals surface area contributed by atoms with Crippen molar-refractivity contribution in [3.05, 3.63) is 40.1 Å². The molecule has 0 saturated carbocycles. The molecule has 0 aromatic carbocycles. The number of anilines is 1. The average Bonchev–Trinajstić information content (AvgIpc) is 2.99. The molecule has 0 spiro atoms. The number of aromatic nitrogens is 3. The molecule has 3 aromatic rings. The van der Waals surface area contributed by atoms with E-state index in [1.165, 1.54) is 30.4 Å². The van der Waals surface area contributed by atoms with E-state index in [4.69, 9.17) is 23.2 Å². The second kappa shape index (κ2) is 7.00. The predicted molar refractivity (Wildman–Crippen MR) is 95.6 cm³/mol. The zero-order valence-electron chi connectivity index (χ0n) is 11.8. The Morgan fingerprint density at radius 3 is 2.96 bits per heavy atom. The highest BCUT2D eigenvalue weighted by atomic mass is 35.5. The first-order valence-electron chi connectivity index (χ1n) is 6.51. The van der Waals surface area contributed by atoms with E-state index in [0.29, 0.717) is 10.0 Å². The molecule has 9 heteroatoms. The van der Waals surface area contributed by atoms with E-state index in [1.807, 2.05) is 11.4 Å². The van der Waals surface area contributed by atoms with Crippen LogP contribution in [0.25, 0.3) is 10.2 Å². The summed E-state index contributed by atoms with van der Waals surface area (Å²) >= 11 is 14.7. The number of hydrogen-bond acceptors (Lipinski definition) is 6. The van der Waals surface area contributed by atoms with Crippen molar-refractivity contribution < 1.29 is 4.79 Å². The summed E-state index contributed by atoms with van der Waals surface area (Å²) < 4.78 is 0.972. The highest BCUT2D eigenvalue weighted by molar-refractivity contribution is 8.00. The lowest BCUT2D eigenvalue weighted by molar-refractivity contribution is -0.115. The Morgan fingerprint density at radius 2 is 2.17 bits per heavy atom. The fourth-order valence-electron chi connectivity index (χ4n) is 1.80. The molecule has 118 valence electrons. The predicted octanol–water partition coefficient (Wildman–Crippen LogP) is 4.51. The topological polar surface area (TPSA) is 67.8 Å². The molecule has 0 fully saturated rings. The summed E-state index contributed by atoms with van der Waals surface area (Å²) in [6.45, 7) is 1.80. The van der Waals surface area contributed by atoms with E-state index in [0.717, 1.165) is 15.2 Å². The highest BCUT2D eigenvalue weighted by Gasteiger charge is 2.19. The van der Waals surface area contributed by atoms with Gasteiger partial charge in [-0.05, 0) is 24.4 Å². The Balaban J connectivity index is 1.74. The average molecular weight is 385 g/mol. The number of hydrogen-bond donors (Lipinski definition) is 1. The Labute approximate surface area is 150 Å². The van der Waals surface area contributed by atoms with E-state index >= 15 is 0 Å². The van der Waals surface area contributed by atoms with Crippen LogP contribution in [0.5, 0.6) is 0 Å². The lowest BCUT2D eigenvalue weighted by Crippen LogP contribution is -2.23. The van der Waals surface area contributed by atoms with Gasteiger partial charge < -0.3 is 5.32 Å². The van der Waals surface area contributed by atoms with E-state index < -0.39 is 0 Å². The van der Waals surface area contributed by atoms with Gasteiger partial charge in [0, 0.05) is 6.20 Å². The largest absolute Gasteiger partial charge is 0.308 e. The first-order chi connectivity index (χ1) is 11.0. The smallest absolute Gasteiger partial charge is 0.238 e. The molecule has 1 amide bonds. The van der Waals surface area contributed by atoms with Crippen LogP contribution in [0, 0.1) is 0 Å². The minimum absolute atomic E-state index is 0.213. The quantitative estimate of drug-likeness (QED) is 0.529. The molecule has 1 atom stereocenters.